The molecule has 2 N–H and O–H groups in total. The summed E-state index contributed by atoms with van der Waals surface area (Å²) in [5.41, 5.74) is 1.04. The van der Waals surface area contributed by atoms with Crippen molar-refractivity contribution in [1.29, 1.82) is 0 Å². The SMILES string of the molecule is COC(=O)CSCCCSC1C(=O)CC(O)C1/C=C/C(O)Cc1ccc2ccccc2c1. The number of methoxy groups -OCH3 is 1. The number of carbonyl (C=O) groups excluding carboxylic acids is 2. The summed E-state index contributed by atoms with van der Waals surface area (Å²) in [5.74, 6) is 1.47. The first kappa shape index (κ1) is 24.8. The van der Waals surface area contributed by atoms with Crippen LogP contribution in [0.1, 0.15) is 18.4 Å². The number of hydrogen-bond donors (Lipinski definition) is 2. The molecule has 0 spiro atoms. The van der Waals surface area contributed by atoms with Crippen molar-refractivity contribution in [2.24, 2.45) is 5.92 Å². The lowest BCUT2D eigenvalue weighted by Crippen LogP contribution is -2.22. The molecular formula is C25H30O5S2. The molecule has 3 rings (SSSR count). The minimum Gasteiger partial charge on any atom is -0.468 e. The van der Waals surface area contributed by atoms with Gasteiger partial charge in [0.25, 0.3) is 0 Å². The zero-order valence-corrected chi connectivity index (χ0v) is 19.8. The number of ether oxygens (including phenoxy) is 1. The molecule has 0 amide bonds. The largest absolute Gasteiger partial charge is 0.468 e. The first-order valence-electron chi connectivity index (χ1n) is 10.8. The van der Waals surface area contributed by atoms with E-state index in [0.29, 0.717) is 12.2 Å². The van der Waals surface area contributed by atoms with Crippen LogP contribution in [0.3, 0.4) is 0 Å². The van der Waals surface area contributed by atoms with Gasteiger partial charge in [-0.1, -0.05) is 54.6 Å². The van der Waals surface area contributed by atoms with Crippen LogP contribution in [0.15, 0.2) is 54.6 Å². The predicted octanol–water partition coefficient (Wildman–Crippen LogP) is 3.65. The number of ketones is 1. The van der Waals surface area contributed by atoms with Crippen molar-refractivity contribution in [1.82, 2.24) is 0 Å². The maximum absolute atomic E-state index is 12.4. The van der Waals surface area contributed by atoms with Crippen LogP contribution in [0.2, 0.25) is 0 Å². The van der Waals surface area contributed by atoms with Crippen LogP contribution in [0.5, 0.6) is 0 Å². The number of fused-ring (bicyclic) bond motifs is 1. The number of carbonyl (C=O) groups is 2. The van der Waals surface area contributed by atoms with E-state index in [1.807, 2.05) is 24.3 Å². The maximum Gasteiger partial charge on any atom is 0.315 e. The summed E-state index contributed by atoms with van der Waals surface area (Å²) in [7, 11) is 1.38. The highest BCUT2D eigenvalue weighted by molar-refractivity contribution is 8.01. The van der Waals surface area contributed by atoms with Crippen molar-refractivity contribution < 1.29 is 24.5 Å². The van der Waals surface area contributed by atoms with Crippen LogP contribution >= 0.6 is 23.5 Å². The van der Waals surface area contributed by atoms with Crippen LogP contribution < -0.4 is 0 Å². The van der Waals surface area contributed by atoms with Gasteiger partial charge in [0.1, 0.15) is 5.78 Å². The Bertz CT molecular complexity index is 945. The van der Waals surface area contributed by atoms with Gasteiger partial charge in [-0.15, -0.1) is 11.8 Å². The molecule has 0 radical (unpaired) electrons. The Morgan fingerprint density at radius 1 is 1.22 bits per heavy atom. The summed E-state index contributed by atoms with van der Waals surface area (Å²) in [6, 6.07) is 14.3. The summed E-state index contributed by atoms with van der Waals surface area (Å²) in [4.78, 5) is 23.5. The van der Waals surface area contributed by atoms with Gasteiger partial charge in [0.05, 0.1) is 30.3 Å². The molecule has 32 heavy (non-hydrogen) atoms. The molecule has 4 atom stereocenters. The predicted molar refractivity (Wildman–Crippen MR) is 132 cm³/mol. The standard InChI is InChI=1S/C25H30O5S2/c1-30-24(29)16-31-11-4-12-32-25-21(22(27)15-23(25)28)10-9-20(26)14-17-7-8-18-5-2-3-6-19(18)13-17/h2-3,5-10,13,20-22,25-27H,4,11-12,14-16H2,1H3/b10-9+. The maximum atomic E-state index is 12.4. The zero-order chi connectivity index (χ0) is 22.9. The number of aliphatic hydroxyl groups excluding tert-OH is 2. The molecule has 4 unspecified atom stereocenters. The average molecular weight is 475 g/mol. The summed E-state index contributed by atoms with van der Waals surface area (Å²) in [5, 5.41) is 22.9. The number of hydrogen-bond acceptors (Lipinski definition) is 7. The second-order valence-corrected chi connectivity index (χ2v) is 10.3. The van der Waals surface area contributed by atoms with Gasteiger partial charge >= 0.3 is 5.97 Å². The minimum atomic E-state index is -0.710. The van der Waals surface area contributed by atoms with E-state index in [0.717, 1.165) is 34.3 Å². The highest BCUT2D eigenvalue weighted by atomic mass is 32.2. The van der Waals surface area contributed by atoms with E-state index in [1.165, 1.54) is 18.9 Å². The number of esters is 1. The number of rotatable bonds is 11. The lowest BCUT2D eigenvalue weighted by molar-refractivity contribution is -0.137. The Hall–Kier alpha value is -1.80. The van der Waals surface area contributed by atoms with Crippen molar-refractivity contribution in [2.45, 2.75) is 36.7 Å². The second kappa shape index (κ2) is 12.4. The third-order valence-corrected chi connectivity index (χ3v) is 7.99. The molecule has 0 aliphatic heterocycles. The molecule has 5 nitrogen and oxygen atoms in total. The van der Waals surface area contributed by atoms with Gasteiger partial charge in [0, 0.05) is 18.8 Å². The van der Waals surface area contributed by atoms with Crippen molar-refractivity contribution in [3.8, 4) is 0 Å². The Morgan fingerprint density at radius 2 is 2.00 bits per heavy atom. The molecule has 1 aliphatic rings. The van der Waals surface area contributed by atoms with Crippen molar-refractivity contribution in [3.63, 3.8) is 0 Å². The quantitative estimate of drug-likeness (QED) is 0.292. The molecule has 7 heteroatoms. The molecule has 0 saturated heterocycles. The number of aliphatic hydroxyl groups is 2. The summed E-state index contributed by atoms with van der Waals surface area (Å²) in [6.45, 7) is 0. The highest BCUT2D eigenvalue weighted by Gasteiger charge is 2.40. The average Bonchev–Trinajstić information content (AvgIpc) is 3.06. The van der Waals surface area contributed by atoms with Crippen molar-refractivity contribution in [3.05, 3.63) is 60.2 Å². The first-order chi connectivity index (χ1) is 15.5. The lowest BCUT2D eigenvalue weighted by Gasteiger charge is -2.17. The Balaban J connectivity index is 1.50. The number of Topliss-reactive ketones (excluding diaryl/α,β-unsaturated/α-hetero) is 1. The normalized spacial score (nSPS) is 22.0. The molecule has 1 aliphatic carbocycles. The summed E-state index contributed by atoms with van der Waals surface area (Å²) in [6.07, 6.45) is 3.63. The molecular weight excluding hydrogens is 444 g/mol. The smallest absolute Gasteiger partial charge is 0.315 e. The van der Waals surface area contributed by atoms with E-state index in [1.54, 1.807) is 17.8 Å². The van der Waals surface area contributed by atoms with E-state index < -0.39 is 12.2 Å². The monoisotopic (exact) mass is 474 g/mol. The van der Waals surface area contributed by atoms with Crippen LogP contribution in [-0.4, -0.2) is 63.8 Å². The van der Waals surface area contributed by atoms with E-state index in [2.05, 4.69) is 29.0 Å². The summed E-state index contributed by atoms with van der Waals surface area (Å²) >= 11 is 3.07. The van der Waals surface area contributed by atoms with Crippen LogP contribution in [0, 0.1) is 5.92 Å². The van der Waals surface area contributed by atoms with Crippen LogP contribution in [0.25, 0.3) is 10.8 Å². The van der Waals surface area contributed by atoms with Gasteiger partial charge < -0.3 is 14.9 Å². The fourth-order valence-electron chi connectivity index (χ4n) is 3.83. The van der Waals surface area contributed by atoms with Gasteiger partial charge in [-0.2, -0.15) is 11.8 Å². The van der Waals surface area contributed by atoms with Gasteiger partial charge in [-0.3, -0.25) is 9.59 Å². The molecule has 1 fully saturated rings. The van der Waals surface area contributed by atoms with Crippen molar-refractivity contribution in [2.75, 3.05) is 24.4 Å². The topological polar surface area (TPSA) is 83.8 Å². The molecule has 0 aromatic heterocycles. The van der Waals surface area contributed by atoms with E-state index in [4.69, 9.17) is 0 Å². The van der Waals surface area contributed by atoms with E-state index >= 15 is 0 Å². The second-order valence-electron chi connectivity index (χ2n) is 7.93. The minimum absolute atomic E-state index is 0.0587. The Morgan fingerprint density at radius 3 is 2.78 bits per heavy atom. The molecule has 0 bridgehead atoms. The van der Waals surface area contributed by atoms with Crippen LogP contribution in [-0.2, 0) is 20.7 Å². The van der Waals surface area contributed by atoms with Gasteiger partial charge in [-0.05, 0) is 34.3 Å². The van der Waals surface area contributed by atoms with Gasteiger partial charge in [0.2, 0.25) is 0 Å². The third kappa shape index (κ3) is 7.10. The Kier molecular flexibility index (Phi) is 9.66. The molecule has 2 aromatic carbocycles. The van der Waals surface area contributed by atoms with Crippen molar-refractivity contribution >= 4 is 46.0 Å². The fourth-order valence-corrected chi connectivity index (χ4v) is 6.13. The Labute approximate surface area is 197 Å². The zero-order valence-electron chi connectivity index (χ0n) is 18.2. The molecule has 2 aromatic rings. The number of thioether (sulfide) groups is 2. The van der Waals surface area contributed by atoms with E-state index in [-0.39, 0.29) is 29.3 Å². The summed E-state index contributed by atoms with van der Waals surface area (Å²) < 4.78 is 4.61. The number of benzene rings is 2. The highest BCUT2D eigenvalue weighted by Crippen LogP contribution is 2.34. The fraction of sp³-hybridized carbons (Fsp3) is 0.440. The van der Waals surface area contributed by atoms with Crippen LogP contribution in [0.4, 0.5) is 0 Å². The lowest BCUT2D eigenvalue weighted by atomic mass is 10.0. The molecule has 172 valence electrons. The molecule has 0 heterocycles. The van der Waals surface area contributed by atoms with Gasteiger partial charge in [0.15, 0.2) is 0 Å². The third-order valence-electron chi connectivity index (χ3n) is 5.51. The van der Waals surface area contributed by atoms with Gasteiger partial charge in [-0.25, -0.2) is 0 Å². The first-order valence-corrected chi connectivity index (χ1v) is 13.0. The van der Waals surface area contributed by atoms with E-state index in [9.17, 15) is 19.8 Å². The molecule has 1 saturated carbocycles.